The van der Waals surface area contributed by atoms with Crippen LogP contribution in [-0.2, 0) is 0 Å². The van der Waals surface area contributed by atoms with E-state index in [-0.39, 0.29) is 5.69 Å². The highest BCUT2D eigenvalue weighted by atomic mass is 16.1. The summed E-state index contributed by atoms with van der Waals surface area (Å²) in [4.78, 5) is 23.2. The summed E-state index contributed by atoms with van der Waals surface area (Å²) in [5.74, 6) is 0. The molecule has 0 aliphatic heterocycles. The summed E-state index contributed by atoms with van der Waals surface area (Å²) < 4.78 is 0. The van der Waals surface area contributed by atoms with Crippen molar-refractivity contribution in [3.05, 3.63) is 23.0 Å². The first-order valence-corrected chi connectivity index (χ1v) is 4.74. The standard InChI is InChI=1S/C5H4N4O.2C2H6/c10-5-8-3-1-6-2-7-4(3)9-5;2*1-2/h1-2H,(H2,6,7,8,9,10);2*1-2H3. The zero-order valence-electron chi connectivity index (χ0n) is 8.96. The van der Waals surface area contributed by atoms with Gasteiger partial charge in [-0.05, 0) is 0 Å². The number of nitrogens with one attached hydrogen (secondary N) is 2. The van der Waals surface area contributed by atoms with Crippen molar-refractivity contribution in [2.75, 3.05) is 0 Å². The van der Waals surface area contributed by atoms with Crippen LogP contribution < -0.4 is 5.69 Å². The summed E-state index contributed by atoms with van der Waals surface area (Å²) in [5.41, 5.74) is 0.919. The van der Waals surface area contributed by atoms with E-state index in [9.17, 15) is 4.79 Å². The maximum Gasteiger partial charge on any atom is 0.325 e. The van der Waals surface area contributed by atoms with Crippen molar-refractivity contribution in [3.63, 3.8) is 0 Å². The maximum atomic E-state index is 10.6. The molecule has 78 valence electrons. The van der Waals surface area contributed by atoms with Gasteiger partial charge in [0.25, 0.3) is 0 Å². The first kappa shape index (κ1) is 12.3. The minimum absolute atomic E-state index is 0.254. The molecule has 5 heteroatoms. The van der Waals surface area contributed by atoms with Gasteiger partial charge >= 0.3 is 5.69 Å². The van der Waals surface area contributed by atoms with Crippen LogP contribution >= 0.6 is 0 Å². The van der Waals surface area contributed by atoms with Crippen LogP contribution in [0.1, 0.15) is 27.7 Å². The molecule has 2 aromatic heterocycles. The monoisotopic (exact) mass is 196 g/mol. The maximum absolute atomic E-state index is 10.6. The Bertz CT molecular complexity index is 368. The number of rotatable bonds is 0. The number of imidazole rings is 1. The Morgan fingerprint density at radius 1 is 1.14 bits per heavy atom. The predicted molar refractivity (Wildman–Crippen MR) is 57.2 cm³/mol. The molecule has 0 aliphatic carbocycles. The normalized spacial score (nSPS) is 8.29. The van der Waals surface area contributed by atoms with Gasteiger partial charge in [-0.15, -0.1) is 0 Å². The van der Waals surface area contributed by atoms with Crippen molar-refractivity contribution >= 4 is 11.2 Å². The van der Waals surface area contributed by atoms with Crippen molar-refractivity contribution < 1.29 is 0 Å². The quantitative estimate of drug-likeness (QED) is 0.673. The molecule has 0 aromatic carbocycles. The largest absolute Gasteiger partial charge is 0.325 e. The highest BCUT2D eigenvalue weighted by Gasteiger charge is 1.94. The second kappa shape index (κ2) is 6.82. The van der Waals surface area contributed by atoms with Gasteiger partial charge in [-0.25, -0.2) is 14.8 Å². The van der Waals surface area contributed by atoms with Gasteiger partial charge in [0, 0.05) is 0 Å². The minimum Gasteiger partial charge on any atom is -0.303 e. The van der Waals surface area contributed by atoms with E-state index in [1.165, 1.54) is 6.33 Å². The van der Waals surface area contributed by atoms with E-state index in [4.69, 9.17) is 0 Å². The van der Waals surface area contributed by atoms with E-state index in [2.05, 4.69) is 19.9 Å². The van der Waals surface area contributed by atoms with Gasteiger partial charge < -0.3 is 4.98 Å². The van der Waals surface area contributed by atoms with E-state index >= 15 is 0 Å². The van der Waals surface area contributed by atoms with E-state index in [1.807, 2.05) is 27.7 Å². The van der Waals surface area contributed by atoms with Crippen LogP contribution in [0.2, 0.25) is 0 Å². The fourth-order valence-corrected chi connectivity index (χ4v) is 0.782. The Morgan fingerprint density at radius 2 is 1.79 bits per heavy atom. The molecule has 0 atom stereocenters. The lowest BCUT2D eigenvalue weighted by Crippen LogP contribution is -1.99. The Labute approximate surface area is 82.6 Å². The van der Waals surface area contributed by atoms with Crippen molar-refractivity contribution in [2.24, 2.45) is 0 Å². The number of hydrogen-bond donors (Lipinski definition) is 2. The highest BCUT2D eigenvalue weighted by Crippen LogP contribution is 1.96. The zero-order chi connectivity index (χ0) is 11.0. The molecule has 14 heavy (non-hydrogen) atoms. The summed E-state index contributed by atoms with van der Waals surface area (Å²) in [6, 6.07) is 0. The van der Waals surface area contributed by atoms with E-state index < -0.39 is 0 Å². The number of fused-ring (bicyclic) bond motifs is 1. The molecule has 0 spiro atoms. The summed E-state index contributed by atoms with van der Waals surface area (Å²) >= 11 is 0. The second-order valence-electron chi connectivity index (χ2n) is 1.86. The molecule has 0 radical (unpaired) electrons. The lowest BCUT2D eigenvalue weighted by atomic mass is 10.6. The zero-order valence-corrected chi connectivity index (χ0v) is 8.96. The lowest BCUT2D eigenvalue weighted by molar-refractivity contribution is 1.18. The number of aromatic amines is 2. The van der Waals surface area contributed by atoms with E-state index in [0.29, 0.717) is 11.2 Å². The van der Waals surface area contributed by atoms with Gasteiger partial charge in [0.1, 0.15) is 11.8 Å². The molecule has 0 amide bonds. The van der Waals surface area contributed by atoms with Crippen LogP contribution in [0.3, 0.4) is 0 Å². The minimum atomic E-state index is -0.254. The Kier molecular flexibility index (Phi) is 6.02. The molecule has 0 aliphatic rings. The molecule has 5 nitrogen and oxygen atoms in total. The van der Waals surface area contributed by atoms with Crippen molar-refractivity contribution in [2.45, 2.75) is 27.7 Å². The van der Waals surface area contributed by atoms with Crippen LogP contribution in [0.4, 0.5) is 0 Å². The Hall–Kier alpha value is -1.65. The van der Waals surface area contributed by atoms with Crippen LogP contribution in [0, 0.1) is 0 Å². The SMILES string of the molecule is CC.CC.O=c1[nH]c2cncnc2[nH]1. The van der Waals surface area contributed by atoms with Crippen molar-refractivity contribution in [1.29, 1.82) is 0 Å². The molecule has 2 heterocycles. The summed E-state index contributed by atoms with van der Waals surface area (Å²) in [7, 11) is 0. The van der Waals surface area contributed by atoms with Crippen LogP contribution in [0.25, 0.3) is 11.2 Å². The summed E-state index contributed by atoms with van der Waals surface area (Å²) in [6.45, 7) is 8.00. The molecule has 0 fully saturated rings. The fourth-order valence-electron chi connectivity index (χ4n) is 0.782. The van der Waals surface area contributed by atoms with Gasteiger partial charge in [0.2, 0.25) is 0 Å². The van der Waals surface area contributed by atoms with Gasteiger partial charge in [-0.2, -0.15) is 0 Å². The Morgan fingerprint density at radius 3 is 2.36 bits per heavy atom. The molecule has 0 saturated heterocycles. The second-order valence-corrected chi connectivity index (χ2v) is 1.86. The van der Waals surface area contributed by atoms with Gasteiger partial charge in [0.15, 0.2) is 5.65 Å². The topological polar surface area (TPSA) is 74.4 Å². The first-order chi connectivity index (χ1) is 6.86. The smallest absolute Gasteiger partial charge is 0.303 e. The van der Waals surface area contributed by atoms with Crippen LogP contribution in [0.5, 0.6) is 0 Å². The number of aromatic nitrogens is 4. The molecular formula is C9H16N4O. The van der Waals surface area contributed by atoms with Crippen molar-refractivity contribution in [3.8, 4) is 0 Å². The predicted octanol–water partition coefficient (Wildman–Crippen LogP) is 1.70. The lowest BCUT2D eigenvalue weighted by Gasteiger charge is -1.80. The average Bonchev–Trinajstić information content (AvgIpc) is 2.64. The number of nitrogens with zero attached hydrogens (tertiary/aromatic N) is 2. The number of H-pyrrole nitrogens is 2. The van der Waals surface area contributed by atoms with Crippen LogP contribution in [0.15, 0.2) is 17.3 Å². The molecule has 2 aromatic rings. The molecule has 2 rings (SSSR count). The van der Waals surface area contributed by atoms with Gasteiger partial charge in [-0.1, -0.05) is 27.7 Å². The molecule has 0 saturated carbocycles. The third kappa shape index (κ3) is 3.01. The molecule has 2 N–H and O–H groups in total. The van der Waals surface area contributed by atoms with E-state index in [0.717, 1.165) is 0 Å². The first-order valence-electron chi connectivity index (χ1n) is 4.74. The van der Waals surface area contributed by atoms with Crippen molar-refractivity contribution in [1.82, 2.24) is 19.9 Å². The van der Waals surface area contributed by atoms with Crippen LogP contribution in [-0.4, -0.2) is 19.9 Å². The summed E-state index contributed by atoms with van der Waals surface area (Å²) in [6.07, 6.45) is 2.92. The average molecular weight is 196 g/mol. The van der Waals surface area contributed by atoms with Gasteiger partial charge in [0.05, 0.1) is 6.20 Å². The fraction of sp³-hybridized carbons (Fsp3) is 0.444. The Balaban J connectivity index is 0.000000379. The molecular weight excluding hydrogens is 180 g/mol. The van der Waals surface area contributed by atoms with Gasteiger partial charge in [-0.3, -0.25) is 4.98 Å². The number of hydrogen-bond acceptors (Lipinski definition) is 3. The van der Waals surface area contributed by atoms with E-state index in [1.54, 1.807) is 6.20 Å². The third-order valence-electron chi connectivity index (χ3n) is 1.19. The highest BCUT2D eigenvalue weighted by molar-refractivity contribution is 5.67. The molecule has 0 bridgehead atoms. The summed E-state index contributed by atoms with van der Waals surface area (Å²) in [5, 5.41) is 0. The molecule has 0 unspecified atom stereocenters. The third-order valence-corrected chi connectivity index (χ3v) is 1.19.